The van der Waals surface area contributed by atoms with Crippen LogP contribution in [-0.4, -0.2) is 39.0 Å². The number of nitrogens with zero attached hydrogens (tertiary/aromatic N) is 1. The van der Waals surface area contributed by atoms with E-state index < -0.39 is 0 Å². The average molecular weight is 463 g/mol. The molecule has 5 heteroatoms. The first-order valence-electron chi connectivity index (χ1n) is 8.49. The van der Waals surface area contributed by atoms with E-state index in [0.29, 0.717) is 5.75 Å². The summed E-state index contributed by atoms with van der Waals surface area (Å²) < 4.78 is 17.8. The summed E-state index contributed by atoms with van der Waals surface area (Å²) in [4.78, 5) is 0. The number of quaternary nitrogens is 1. The number of ether oxygens (including phenoxy) is 3. The predicted molar refractivity (Wildman–Crippen MR) is 95.9 cm³/mol. The van der Waals surface area contributed by atoms with Crippen molar-refractivity contribution >= 4 is 0 Å². The summed E-state index contributed by atoms with van der Waals surface area (Å²) in [6, 6.07) is 12.2. The van der Waals surface area contributed by atoms with E-state index in [2.05, 4.69) is 32.0 Å². The summed E-state index contributed by atoms with van der Waals surface area (Å²) in [6.07, 6.45) is 0.971. The van der Waals surface area contributed by atoms with Crippen LogP contribution in [-0.2, 0) is 6.42 Å². The highest BCUT2D eigenvalue weighted by molar-refractivity contribution is 5.62. The van der Waals surface area contributed by atoms with Gasteiger partial charge in [0.15, 0.2) is 17.5 Å². The van der Waals surface area contributed by atoms with Crippen molar-refractivity contribution < 1.29 is 42.7 Å². The summed E-state index contributed by atoms with van der Waals surface area (Å²) in [5, 5.41) is 0. The fraction of sp³-hybridized carbons (Fsp3) is 0.333. The minimum atomic E-state index is 0. The fourth-order valence-corrected chi connectivity index (χ4v) is 3.59. The molecule has 136 valence electrons. The Morgan fingerprint density at radius 3 is 2.65 bits per heavy atom. The molecule has 0 N–H and O–H groups in total. The van der Waals surface area contributed by atoms with E-state index in [1.807, 2.05) is 30.3 Å². The summed E-state index contributed by atoms with van der Waals surface area (Å²) >= 11 is 0. The Kier molecular flexibility index (Phi) is 5.35. The van der Waals surface area contributed by atoms with Crippen LogP contribution in [0.2, 0.25) is 0 Å². The maximum absolute atomic E-state index is 5.75. The average Bonchev–Trinajstić information content (AvgIpc) is 3.08. The summed E-state index contributed by atoms with van der Waals surface area (Å²) in [5.41, 5.74) is 3.40. The van der Waals surface area contributed by atoms with E-state index in [0.717, 1.165) is 40.1 Å². The minimum absolute atomic E-state index is 0. The molecule has 0 aliphatic carbocycles. The molecule has 1 atom stereocenters. The molecule has 2 aliphatic heterocycles. The fourth-order valence-electron chi connectivity index (χ4n) is 3.59. The van der Waals surface area contributed by atoms with Gasteiger partial charge in [0.1, 0.15) is 0 Å². The van der Waals surface area contributed by atoms with Crippen LogP contribution >= 0.6 is 0 Å². The molecule has 26 heavy (non-hydrogen) atoms. The molecule has 0 bridgehead atoms. The predicted octanol–water partition coefficient (Wildman–Crippen LogP) is 0.153. The quantitative estimate of drug-likeness (QED) is 0.343. The van der Waals surface area contributed by atoms with E-state index in [1.54, 1.807) is 7.11 Å². The molecule has 2 aromatic carbocycles. The molecule has 2 heterocycles. The van der Waals surface area contributed by atoms with Crippen LogP contribution in [0.15, 0.2) is 36.4 Å². The molecule has 4 nitrogen and oxygen atoms in total. The molecular formula is C21H22INO3. The van der Waals surface area contributed by atoms with Gasteiger partial charge in [-0.1, -0.05) is 24.1 Å². The highest BCUT2D eigenvalue weighted by Gasteiger charge is 2.40. The number of benzene rings is 2. The Hall–Kier alpha value is -1.91. The van der Waals surface area contributed by atoms with Gasteiger partial charge in [-0.25, -0.2) is 0 Å². The molecule has 4 rings (SSSR count). The third-order valence-corrected chi connectivity index (χ3v) is 5.00. The minimum Gasteiger partial charge on any atom is -1.00 e. The van der Waals surface area contributed by atoms with Crippen molar-refractivity contribution in [2.45, 2.75) is 12.5 Å². The van der Waals surface area contributed by atoms with E-state index in [-0.39, 0.29) is 36.8 Å². The van der Waals surface area contributed by atoms with Gasteiger partial charge in [-0.15, -0.1) is 0 Å². The van der Waals surface area contributed by atoms with Crippen LogP contribution in [0.5, 0.6) is 17.2 Å². The lowest BCUT2D eigenvalue weighted by Gasteiger charge is -2.40. The summed E-state index contributed by atoms with van der Waals surface area (Å²) in [7, 11) is 6.13. The van der Waals surface area contributed by atoms with E-state index in [4.69, 9.17) is 14.2 Å². The Morgan fingerprint density at radius 2 is 1.92 bits per heavy atom. The lowest BCUT2D eigenvalue weighted by atomic mass is 9.89. The van der Waals surface area contributed by atoms with E-state index >= 15 is 0 Å². The standard InChI is InChI=1S/C21H22NO3.HI/c1-22(2)12-11-16-13-18-20(25-14-24-18)21(23-3)19(16)17(22)10-9-15-7-5-4-6-8-15;/h4-8,13,17H,11-12,14H2,1-3H3;1H/q+1;/p-1. The van der Waals surface area contributed by atoms with Crippen LogP contribution in [0.4, 0.5) is 0 Å². The molecule has 0 saturated carbocycles. The van der Waals surface area contributed by atoms with Gasteiger partial charge in [-0.2, -0.15) is 0 Å². The number of hydrogen-bond donors (Lipinski definition) is 0. The van der Waals surface area contributed by atoms with Crippen LogP contribution in [0.1, 0.15) is 22.7 Å². The molecule has 2 aliphatic rings. The van der Waals surface area contributed by atoms with Gasteiger partial charge < -0.3 is 42.7 Å². The molecule has 0 radical (unpaired) electrons. The van der Waals surface area contributed by atoms with Crippen LogP contribution < -0.4 is 38.2 Å². The smallest absolute Gasteiger partial charge is 0.231 e. The van der Waals surface area contributed by atoms with Gasteiger partial charge in [0.05, 0.1) is 33.3 Å². The highest BCUT2D eigenvalue weighted by Crippen LogP contribution is 2.50. The van der Waals surface area contributed by atoms with Gasteiger partial charge in [0, 0.05) is 12.0 Å². The van der Waals surface area contributed by atoms with Crippen LogP contribution in [0, 0.1) is 11.8 Å². The monoisotopic (exact) mass is 463 g/mol. The molecule has 0 saturated heterocycles. The molecule has 0 amide bonds. The van der Waals surface area contributed by atoms with E-state index in [1.165, 1.54) is 5.56 Å². The maximum Gasteiger partial charge on any atom is 0.231 e. The van der Waals surface area contributed by atoms with Crippen LogP contribution in [0.3, 0.4) is 0 Å². The normalized spacial score (nSPS) is 18.8. The largest absolute Gasteiger partial charge is 1.00 e. The van der Waals surface area contributed by atoms with Crippen LogP contribution in [0.25, 0.3) is 0 Å². The molecule has 0 aromatic heterocycles. The lowest BCUT2D eigenvalue weighted by molar-refractivity contribution is -0.914. The Bertz CT molecular complexity index is 868. The summed E-state index contributed by atoms with van der Waals surface area (Å²) in [6.45, 7) is 1.26. The first-order chi connectivity index (χ1) is 12.1. The van der Waals surface area contributed by atoms with Crippen molar-refractivity contribution in [3.63, 3.8) is 0 Å². The van der Waals surface area contributed by atoms with Crippen molar-refractivity contribution in [1.29, 1.82) is 0 Å². The Morgan fingerprint density at radius 1 is 1.15 bits per heavy atom. The highest BCUT2D eigenvalue weighted by atomic mass is 127. The van der Waals surface area contributed by atoms with Crippen molar-refractivity contribution in [2.75, 3.05) is 34.5 Å². The van der Waals surface area contributed by atoms with Crippen molar-refractivity contribution in [3.05, 3.63) is 53.1 Å². The number of fused-ring (bicyclic) bond motifs is 2. The topological polar surface area (TPSA) is 27.7 Å². The second-order valence-electron chi connectivity index (χ2n) is 7.01. The van der Waals surface area contributed by atoms with Gasteiger partial charge >= 0.3 is 0 Å². The molecule has 0 fully saturated rings. The Balaban J connectivity index is 0.00000196. The summed E-state index contributed by atoms with van der Waals surface area (Å²) in [5.74, 6) is 9.08. The molecular weight excluding hydrogens is 441 g/mol. The number of rotatable bonds is 1. The first-order valence-corrected chi connectivity index (χ1v) is 8.49. The lowest BCUT2D eigenvalue weighted by Crippen LogP contribution is -3.00. The van der Waals surface area contributed by atoms with E-state index in [9.17, 15) is 0 Å². The number of methoxy groups -OCH3 is 1. The Labute approximate surface area is 171 Å². The number of halogens is 1. The van der Waals surface area contributed by atoms with Crippen molar-refractivity contribution in [3.8, 4) is 29.1 Å². The number of likely N-dealkylation sites (N-methyl/N-ethyl adjacent to an activating group) is 1. The maximum atomic E-state index is 5.75. The first kappa shape index (κ1) is 18.9. The molecule has 0 spiro atoms. The van der Waals surface area contributed by atoms with Crippen molar-refractivity contribution in [2.24, 2.45) is 0 Å². The molecule has 1 unspecified atom stereocenters. The SMILES string of the molecule is COc1c2c(cc3c1C(C#Cc1ccccc1)[N+](C)(C)CC3)OCO2.[I-]. The zero-order valence-electron chi connectivity index (χ0n) is 15.2. The second-order valence-corrected chi connectivity index (χ2v) is 7.01. The van der Waals surface area contributed by atoms with Crippen molar-refractivity contribution in [1.82, 2.24) is 0 Å². The van der Waals surface area contributed by atoms with Gasteiger partial charge in [0.25, 0.3) is 0 Å². The second kappa shape index (κ2) is 7.37. The van der Waals surface area contributed by atoms with Gasteiger partial charge in [-0.3, -0.25) is 0 Å². The van der Waals surface area contributed by atoms with Gasteiger partial charge in [-0.05, 0) is 29.7 Å². The third-order valence-electron chi connectivity index (χ3n) is 5.00. The zero-order chi connectivity index (χ0) is 17.4. The van der Waals surface area contributed by atoms with Gasteiger partial charge in [0.2, 0.25) is 12.5 Å². The zero-order valence-corrected chi connectivity index (χ0v) is 17.4. The number of hydrogen-bond acceptors (Lipinski definition) is 3. The molecule has 2 aromatic rings. The third kappa shape index (κ3) is 3.24.